The number of anilines is 1. The molecule has 0 spiro atoms. The molecule has 1 N–H and O–H groups in total. The minimum atomic E-state index is -4.59. The molecular weight excluding hydrogens is 631 g/mol. The maximum atomic E-state index is 13.9. The van der Waals surface area contributed by atoms with Crippen molar-refractivity contribution in [3.8, 4) is 28.1 Å². The maximum Gasteiger partial charge on any atom is 0.419 e. The fraction of sp³-hybridized carbons (Fsp3) is 0.250. The Bertz CT molecular complexity index is 1920. The molecular formula is C32H26ClF5N6O2. The maximum absolute atomic E-state index is 13.9. The average Bonchev–Trinajstić information content (AvgIpc) is 3.67. The van der Waals surface area contributed by atoms with Gasteiger partial charge in [-0.1, -0.05) is 43.1 Å². The Morgan fingerprint density at radius 2 is 1.85 bits per heavy atom. The second kappa shape index (κ2) is 12.2. The fourth-order valence-electron chi connectivity index (χ4n) is 5.75. The van der Waals surface area contributed by atoms with Gasteiger partial charge in [0.1, 0.15) is 0 Å². The molecule has 2 atom stereocenters. The van der Waals surface area contributed by atoms with Gasteiger partial charge in [-0.2, -0.15) is 36.9 Å². The molecule has 14 heteroatoms. The molecule has 5 aromatic rings. The lowest BCUT2D eigenvalue weighted by Crippen LogP contribution is -2.34. The van der Waals surface area contributed by atoms with Crippen LogP contribution in [0.2, 0.25) is 5.02 Å². The van der Waals surface area contributed by atoms with Crippen LogP contribution < -0.4 is 10.0 Å². The van der Waals surface area contributed by atoms with Crippen LogP contribution in [0.3, 0.4) is 0 Å². The number of rotatable bonds is 4. The minimum absolute atomic E-state index is 0.0443. The summed E-state index contributed by atoms with van der Waals surface area (Å²) >= 11 is 6.25. The van der Waals surface area contributed by atoms with Gasteiger partial charge in [-0.25, -0.2) is 9.36 Å². The fourth-order valence-corrected chi connectivity index (χ4v) is 5.93. The summed E-state index contributed by atoms with van der Waals surface area (Å²) < 4.78 is 70.0. The van der Waals surface area contributed by atoms with Gasteiger partial charge in [-0.15, -0.1) is 0 Å². The van der Waals surface area contributed by atoms with E-state index in [0.717, 1.165) is 17.1 Å². The molecule has 1 aliphatic heterocycles. The molecule has 238 valence electrons. The molecule has 8 nitrogen and oxygen atoms in total. The molecule has 0 aliphatic carbocycles. The lowest BCUT2D eigenvalue weighted by Gasteiger charge is -2.21. The number of halogens is 6. The number of pyridine rings is 1. The largest absolute Gasteiger partial charge is 0.618 e. The molecule has 0 unspecified atom stereocenters. The molecule has 6 rings (SSSR count). The van der Waals surface area contributed by atoms with E-state index >= 15 is 0 Å². The number of fused-ring (bicyclic) bond motifs is 4. The van der Waals surface area contributed by atoms with Crippen molar-refractivity contribution in [2.24, 2.45) is 5.92 Å². The number of nitrogens with zero attached hydrogens (tertiary/aromatic N) is 5. The second-order valence-corrected chi connectivity index (χ2v) is 11.6. The third-order valence-corrected chi connectivity index (χ3v) is 8.34. The smallest absolute Gasteiger partial charge is 0.419 e. The zero-order valence-electron chi connectivity index (χ0n) is 24.2. The van der Waals surface area contributed by atoms with Gasteiger partial charge < -0.3 is 10.5 Å². The predicted octanol–water partition coefficient (Wildman–Crippen LogP) is 7.99. The van der Waals surface area contributed by atoms with Gasteiger partial charge in [0.2, 0.25) is 5.91 Å². The minimum Gasteiger partial charge on any atom is -0.618 e. The second-order valence-electron chi connectivity index (χ2n) is 11.1. The van der Waals surface area contributed by atoms with E-state index in [1.165, 1.54) is 30.6 Å². The van der Waals surface area contributed by atoms with Crippen LogP contribution in [-0.2, 0) is 11.0 Å². The van der Waals surface area contributed by atoms with Crippen LogP contribution in [0, 0.1) is 11.1 Å². The van der Waals surface area contributed by atoms with Gasteiger partial charge in [0, 0.05) is 39.9 Å². The van der Waals surface area contributed by atoms with Crippen LogP contribution in [0.5, 0.6) is 0 Å². The van der Waals surface area contributed by atoms with E-state index in [4.69, 9.17) is 11.6 Å². The highest BCUT2D eigenvalue weighted by Gasteiger charge is 2.33. The number of hydrogen-bond donors (Lipinski definition) is 1. The van der Waals surface area contributed by atoms with Crippen molar-refractivity contribution < 1.29 is 31.5 Å². The average molecular weight is 657 g/mol. The highest BCUT2D eigenvalue weighted by atomic mass is 35.5. The summed E-state index contributed by atoms with van der Waals surface area (Å²) in [6, 6.07) is 14.7. The van der Waals surface area contributed by atoms with Gasteiger partial charge in [-0.05, 0) is 48.7 Å². The molecule has 4 heterocycles. The SMILES string of the molecule is C[C@H]1CCC[C@@H](c2ccc(-c3cc(Cl)ccc3-n3cc(C(F)(F)F)cn3)c[n+]2[O-])c2cccc(c2)-c2c(cnn2C(F)F)NC1=O. The van der Waals surface area contributed by atoms with E-state index in [1.807, 2.05) is 6.07 Å². The van der Waals surface area contributed by atoms with Gasteiger partial charge >= 0.3 is 12.7 Å². The van der Waals surface area contributed by atoms with Crippen molar-refractivity contribution in [3.05, 3.63) is 106 Å². The van der Waals surface area contributed by atoms with E-state index in [1.54, 1.807) is 37.3 Å². The summed E-state index contributed by atoms with van der Waals surface area (Å²) in [5.74, 6) is -1.25. The number of benzene rings is 2. The van der Waals surface area contributed by atoms with Crippen LogP contribution in [0.15, 0.2) is 79.4 Å². The van der Waals surface area contributed by atoms with Crippen molar-refractivity contribution in [2.75, 3.05) is 5.32 Å². The summed E-state index contributed by atoms with van der Waals surface area (Å²) in [5, 5.41) is 24.4. The van der Waals surface area contributed by atoms with Gasteiger partial charge in [0.05, 0.1) is 40.9 Å². The quantitative estimate of drug-likeness (QED) is 0.121. The summed E-state index contributed by atoms with van der Waals surface area (Å²) in [7, 11) is 0. The number of aromatic nitrogens is 5. The predicted molar refractivity (Wildman–Crippen MR) is 160 cm³/mol. The Hall–Kier alpha value is -4.78. The van der Waals surface area contributed by atoms with Crippen LogP contribution in [0.4, 0.5) is 27.6 Å². The van der Waals surface area contributed by atoms with Gasteiger partial charge in [-0.3, -0.25) is 4.79 Å². The Balaban J connectivity index is 1.43. The molecule has 0 saturated heterocycles. The molecule has 3 aromatic heterocycles. The number of carbonyl (C=O) groups excluding carboxylic acids is 1. The number of nitrogens with one attached hydrogen (secondary N) is 1. The van der Waals surface area contributed by atoms with Crippen molar-refractivity contribution in [1.82, 2.24) is 19.6 Å². The summed E-state index contributed by atoms with van der Waals surface area (Å²) in [6.45, 7) is -1.21. The Labute approximate surface area is 264 Å². The van der Waals surface area contributed by atoms with Crippen LogP contribution in [0.25, 0.3) is 28.1 Å². The molecule has 0 radical (unpaired) electrons. The van der Waals surface area contributed by atoms with Gasteiger partial charge in [0.15, 0.2) is 11.9 Å². The third kappa shape index (κ3) is 6.06. The lowest BCUT2D eigenvalue weighted by molar-refractivity contribution is -0.614. The number of amides is 1. The first-order valence-corrected chi connectivity index (χ1v) is 14.7. The molecule has 46 heavy (non-hydrogen) atoms. The number of alkyl halides is 5. The first kappa shape index (κ1) is 31.2. The topological polar surface area (TPSA) is 91.7 Å². The molecule has 0 saturated carbocycles. The molecule has 2 bridgehead atoms. The normalized spacial score (nSPS) is 17.3. The standard InChI is InChI=1S/C32H26ClF5N6O2/c1-18-4-2-7-24(19-5-3-6-20(12-19)29-26(41-30(18)45)15-40-44(29)31(34)35)28-10-8-21(16-43(28)46)25-13-23(33)9-11-27(25)42-17-22(14-39-42)32(36,37)38/h3,5-6,8-18,24,31H,2,4,7H2,1H3,(H,41,45)/t18-,24+/m0/s1. The third-order valence-electron chi connectivity index (χ3n) is 8.11. The van der Waals surface area contributed by atoms with Crippen molar-refractivity contribution >= 4 is 23.2 Å². The number of carbonyl (C=O) groups is 1. The lowest BCUT2D eigenvalue weighted by atomic mass is 9.86. The highest BCUT2D eigenvalue weighted by molar-refractivity contribution is 6.31. The first-order valence-electron chi connectivity index (χ1n) is 14.3. The summed E-state index contributed by atoms with van der Waals surface area (Å²) in [4.78, 5) is 12.9. The van der Waals surface area contributed by atoms with Crippen molar-refractivity contribution in [2.45, 2.75) is 44.8 Å². The monoisotopic (exact) mass is 656 g/mol. The van der Waals surface area contributed by atoms with E-state index in [9.17, 15) is 32.0 Å². The number of hydrogen-bond acceptors (Lipinski definition) is 4. The van der Waals surface area contributed by atoms with E-state index < -0.39 is 30.1 Å². The zero-order chi connectivity index (χ0) is 32.7. The van der Waals surface area contributed by atoms with E-state index in [2.05, 4.69) is 15.5 Å². The van der Waals surface area contributed by atoms with Crippen molar-refractivity contribution in [1.29, 1.82) is 0 Å². The van der Waals surface area contributed by atoms with Crippen LogP contribution >= 0.6 is 11.6 Å². The Morgan fingerprint density at radius 1 is 1.04 bits per heavy atom. The van der Waals surface area contributed by atoms with E-state index in [-0.39, 0.29) is 23.0 Å². The van der Waals surface area contributed by atoms with Crippen LogP contribution in [-0.4, -0.2) is 25.5 Å². The summed E-state index contributed by atoms with van der Waals surface area (Å²) in [6.07, 6.45) is 1.03. The van der Waals surface area contributed by atoms with E-state index in [0.29, 0.717) is 61.6 Å². The Morgan fingerprint density at radius 3 is 2.57 bits per heavy atom. The Kier molecular flexibility index (Phi) is 8.28. The molecule has 2 aromatic carbocycles. The molecule has 1 aliphatic rings. The molecule has 1 amide bonds. The van der Waals surface area contributed by atoms with Crippen LogP contribution in [0.1, 0.15) is 55.5 Å². The summed E-state index contributed by atoms with van der Waals surface area (Å²) in [5.41, 5.74) is 1.77. The first-order chi connectivity index (χ1) is 21.9. The molecule has 0 fully saturated rings. The zero-order valence-corrected chi connectivity index (χ0v) is 24.9. The van der Waals surface area contributed by atoms with Gasteiger partial charge in [0.25, 0.3) is 0 Å². The highest BCUT2D eigenvalue weighted by Crippen LogP contribution is 2.38. The van der Waals surface area contributed by atoms with Crippen molar-refractivity contribution in [3.63, 3.8) is 0 Å².